The van der Waals surface area contributed by atoms with Crippen molar-refractivity contribution in [3.63, 3.8) is 0 Å². The maximum atomic E-state index is 11.9. The van der Waals surface area contributed by atoms with Crippen LogP contribution in [0, 0.1) is 0 Å². The third-order valence-electron chi connectivity index (χ3n) is 2.64. The number of rotatable bonds is 5. The summed E-state index contributed by atoms with van der Waals surface area (Å²) in [6.45, 7) is 5.05. The number of nitrogens with one attached hydrogen (secondary N) is 1. The Labute approximate surface area is 91.0 Å². The molecule has 4 heteroatoms. The average Bonchev–Trinajstić information content (AvgIpc) is 2.21. The first-order valence-electron chi connectivity index (χ1n) is 5.77. The van der Waals surface area contributed by atoms with E-state index < -0.39 is 0 Å². The van der Waals surface area contributed by atoms with Crippen molar-refractivity contribution in [2.24, 2.45) is 0 Å². The van der Waals surface area contributed by atoms with Gasteiger partial charge in [-0.15, -0.1) is 0 Å². The minimum atomic E-state index is -0.284. The van der Waals surface area contributed by atoms with E-state index in [1.807, 2.05) is 6.92 Å². The summed E-state index contributed by atoms with van der Waals surface area (Å²) >= 11 is 0. The first-order chi connectivity index (χ1) is 7.19. The van der Waals surface area contributed by atoms with E-state index in [1.54, 1.807) is 4.90 Å². The molecule has 0 aromatic rings. The van der Waals surface area contributed by atoms with Gasteiger partial charge in [0.15, 0.2) is 0 Å². The van der Waals surface area contributed by atoms with Crippen molar-refractivity contribution in [3.8, 4) is 0 Å². The van der Waals surface area contributed by atoms with Crippen LogP contribution in [-0.2, 0) is 9.59 Å². The molecule has 1 saturated heterocycles. The Balaban J connectivity index is 2.55. The summed E-state index contributed by atoms with van der Waals surface area (Å²) in [6, 6.07) is -0.284. The summed E-state index contributed by atoms with van der Waals surface area (Å²) in [5.74, 6) is 0.0639. The molecule has 1 heterocycles. The van der Waals surface area contributed by atoms with Gasteiger partial charge in [0, 0.05) is 6.54 Å². The van der Waals surface area contributed by atoms with E-state index in [0.29, 0.717) is 6.54 Å². The number of nitrogens with zero attached hydrogens (tertiary/aromatic N) is 1. The van der Waals surface area contributed by atoms with E-state index in [2.05, 4.69) is 12.2 Å². The standard InChI is InChI=1S/C11H20N2O2/c1-3-5-7-13-8-10(14)12-9(6-4-2)11(13)15/h9H,3-8H2,1-2H3,(H,12,14). The highest BCUT2D eigenvalue weighted by molar-refractivity contribution is 5.94. The Bertz CT molecular complexity index is 241. The molecular weight excluding hydrogens is 192 g/mol. The topological polar surface area (TPSA) is 49.4 Å². The van der Waals surface area contributed by atoms with Crippen LogP contribution in [0.5, 0.6) is 0 Å². The zero-order chi connectivity index (χ0) is 11.3. The molecule has 0 aliphatic carbocycles. The molecular formula is C11H20N2O2. The van der Waals surface area contributed by atoms with Crippen LogP contribution in [-0.4, -0.2) is 35.8 Å². The first kappa shape index (κ1) is 12.0. The van der Waals surface area contributed by atoms with Crippen molar-refractivity contribution in [3.05, 3.63) is 0 Å². The van der Waals surface area contributed by atoms with Gasteiger partial charge in [-0.05, 0) is 12.8 Å². The van der Waals surface area contributed by atoms with Crippen molar-refractivity contribution < 1.29 is 9.59 Å². The molecule has 1 aliphatic heterocycles. The predicted molar refractivity (Wildman–Crippen MR) is 58.3 cm³/mol. The van der Waals surface area contributed by atoms with Gasteiger partial charge in [0.2, 0.25) is 11.8 Å². The minimum Gasteiger partial charge on any atom is -0.343 e. The van der Waals surface area contributed by atoms with Crippen molar-refractivity contribution in [1.82, 2.24) is 10.2 Å². The van der Waals surface area contributed by atoms with Crippen LogP contribution in [0.1, 0.15) is 39.5 Å². The number of hydrogen-bond donors (Lipinski definition) is 1. The van der Waals surface area contributed by atoms with E-state index in [4.69, 9.17) is 0 Å². The van der Waals surface area contributed by atoms with Gasteiger partial charge in [-0.2, -0.15) is 0 Å². The molecule has 1 atom stereocenters. The van der Waals surface area contributed by atoms with Crippen LogP contribution in [0.15, 0.2) is 0 Å². The van der Waals surface area contributed by atoms with Gasteiger partial charge in [-0.3, -0.25) is 9.59 Å². The molecule has 0 aromatic carbocycles. The number of amides is 2. The summed E-state index contributed by atoms with van der Waals surface area (Å²) in [5.41, 5.74) is 0. The molecule has 1 unspecified atom stereocenters. The molecule has 1 aliphatic rings. The third-order valence-corrected chi connectivity index (χ3v) is 2.64. The third kappa shape index (κ3) is 3.22. The van der Waals surface area contributed by atoms with E-state index in [9.17, 15) is 9.59 Å². The molecule has 1 fully saturated rings. The molecule has 0 bridgehead atoms. The molecule has 15 heavy (non-hydrogen) atoms. The van der Waals surface area contributed by atoms with E-state index >= 15 is 0 Å². The van der Waals surface area contributed by atoms with Crippen LogP contribution in [0.25, 0.3) is 0 Å². The van der Waals surface area contributed by atoms with Gasteiger partial charge in [0.05, 0.1) is 6.54 Å². The Hall–Kier alpha value is -1.06. The number of unbranched alkanes of at least 4 members (excludes halogenated alkanes) is 1. The second-order valence-corrected chi connectivity index (χ2v) is 4.02. The number of carbonyl (C=O) groups is 2. The van der Waals surface area contributed by atoms with Gasteiger partial charge >= 0.3 is 0 Å². The average molecular weight is 212 g/mol. The summed E-state index contributed by atoms with van der Waals surface area (Å²) in [5, 5.41) is 2.74. The summed E-state index contributed by atoms with van der Waals surface area (Å²) < 4.78 is 0. The fourth-order valence-electron chi connectivity index (χ4n) is 1.80. The highest BCUT2D eigenvalue weighted by Gasteiger charge is 2.31. The van der Waals surface area contributed by atoms with Gasteiger partial charge in [0.1, 0.15) is 6.04 Å². The van der Waals surface area contributed by atoms with Crippen molar-refractivity contribution in [2.75, 3.05) is 13.1 Å². The van der Waals surface area contributed by atoms with Crippen molar-refractivity contribution >= 4 is 11.8 Å². The molecule has 0 aromatic heterocycles. The second-order valence-electron chi connectivity index (χ2n) is 4.02. The fourth-order valence-corrected chi connectivity index (χ4v) is 1.80. The van der Waals surface area contributed by atoms with E-state index in [0.717, 1.165) is 25.7 Å². The molecule has 86 valence electrons. The monoisotopic (exact) mass is 212 g/mol. The maximum Gasteiger partial charge on any atom is 0.245 e. The van der Waals surface area contributed by atoms with E-state index in [-0.39, 0.29) is 24.4 Å². The van der Waals surface area contributed by atoms with Gasteiger partial charge in [0.25, 0.3) is 0 Å². The lowest BCUT2D eigenvalue weighted by Crippen LogP contribution is -2.57. The zero-order valence-electron chi connectivity index (χ0n) is 9.58. The fraction of sp³-hybridized carbons (Fsp3) is 0.818. The van der Waals surface area contributed by atoms with Crippen molar-refractivity contribution in [1.29, 1.82) is 0 Å². The molecule has 1 rings (SSSR count). The first-order valence-corrected chi connectivity index (χ1v) is 5.77. The number of piperazine rings is 1. The summed E-state index contributed by atoms with van der Waals surface area (Å²) in [6.07, 6.45) is 3.67. The minimum absolute atomic E-state index is 0.0239. The Kier molecular flexibility index (Phi) is 4.59. The van der Waals surface area contributed by atoms with E-state index in [1.165, 1.54) is 0 Å². The molecule has 4 nitrogen and oxygen atoms in total. The van der Waals surface area contributed by atoms with Crippen LogP contribution in [0.4, 0.5) is 0 Å². The Morgan fingerprint density at radius 1 is 1.33 bits per heavy atom. The largest absolute Gasteiger partial charge is 0.343 e. The summed E-state index contributed by atoms with van der Waals surface area (Å²) in [4.78, 5) is 24.9. The van der Waals surface area contributed by atoms with Crippen LogP contribution in [0.2, 0.25) is 0 Å². The normalized spacial score (nSPS) is 21.7. The van der Waals surface area contributed by atoms with Gasteiger partial charge < -0.3 is 10.2 Å². The lowest BCUT2D eigenvalue weighted by atomic mass is 10.1. The van der Waals surface area contributed by atoms with Gasteiger partial charge in [-0.25, -0.2) is 0 Å². The molecule has 0 radical (unpaired) electrons. The smallest absolute Gasteiger partial charge is 0.245 e. The highest BCUT2D eigenvalue weighted by atomic mass is 16.2. The van der Waals surface area contributed by atoms with Crippen LogP contribution in [0.3, 0.4) is 0 Å². The Morgan fingerprint density at radius 2 is 2.07 bits per heavy atom. The number of hydrogen-bond acceptors (Lipinski definition) is 2. The quantitative estimate of drug-likeness (QED) is 0.736. The number of carbonyl (C=O) groups excluding carboxylic acids is 2. The molecule has 1 N–H and O–H groups in total. The van der Waals surface area contributed by atoms with Gasteiger partial charge in [-0.1, -0.05) is 26.7 Å². The lowest BCUT2D eigenvalue weighted by molar-refractivity contribution is -0.144. The predicted octanol–water partition coefficient (Wildman–Crippen LogP) is 0.914. The van der Waals surface area contributed by atoms with Crippen LogP contribution < -0.4 is 5.32 Å². The second kappa shape index (κ2) is 5.73. The Morgan fingerprint density at radius 3 is 2.67 bits per heavy atom. The SMILES string of the molecule is CCCCN1CC(=O)NC(CCC)C1=O. The maximum absolute atomic E-state index is 11.9. The molecule has 0 saturated carbocycles. The summed E-state index contributed by atoms with van der Waals surface area (Å²) in [7, 11) is 0. The molecule has 0 spiro atoms. The lowest BCUT2D eigenvalue weighted by Gasteiger charge is -2.32. The zero-order valence-corrected chi connectivity index (χ0v) is 9.58. The van der Waals surface area contributed by atoms with Crippen LogP contribution >= 0.6 is 0 Å². The highest BCUT2D eigenvalue weighted by Crippen LogP contribution is 2.08. The molecule has 2 amide bonds. The van der Waals surface area contributed by atoms with Crippen molar-refractivity contribution in [2.45, 2.75) is 45.6 Å².